The van der Waals surface area contributed by atoms with Crippen LogP contribution in [0, 0.1) is 76.2 Å². The van der Waals surface area contributed by atoms with Gasteiger partial charge in [0.25, 0.3) is 0 Å². The zero-order chi connectivity index (χ0) is 21.1. The van der Waals surface area contributed by atoms with Gasteiger partial charge in [-0.25, -0.2) is 0 Å². The maximum atomic E-state index is 2.40. The lowest BCUT2D eigenvalue weighted by molar-refractivity contribution is 1.04. The number of hydrogen-bond donors (Lipinski definition) is 0. The van der Waals surface area contributed by atoms with Crippen LogP contribution >= 0.6 is 0 Å². The molecule has 3 rings (SSSR count). The second kappa shape index (κ2) is 7.07. The van der Waals surface area contributed by atoms with Gasteiger partial charge in [-0.1, -0.05) is 6.07 Å². The molecule has 0 heterocycles. The lowest BCUT2D eigenvalue weighted by Gasteiger charge is -2.23. The van der Waals surface area contributed by atoms with Crippen molar-refractivity contribution >= 4 is 10.8 Å². The molecule has 28 heavy (non-hydrogen) atoms. The van der Waals surface area contributed by atoms with E-state index in [9.17, 15) is 0 Å². The molecule has 0 nitrogen and oxygen atoms in total. The molecule has 0 unspecified atom stereocenters. The second-order valence-corrected chi connectivity index (χ2v) is 9.00. The molecule has 0 aliphatic carbocycles. The quantitative estimate of drug-likeness (QED) is 0.430. The average molecular weight is 373 g/mol. The minimum atomic E-state index is 1.03. The van der Waals surface area contributed by atoms with Crippen molar-refractivity contribution < 1.29 is 0 Å². The third-order valence-electron chi connectivity index (χ3n) is 7.91. The Morgan fingerprint density at radius 3 is 1.39 bits per heavy atom. The van der Waals surface area contributed by atoms with E-state index in [1.807, 2.05) is 0 Å². The van der Waals surface area contributed by atoms with E-state index in [0.29, 0.717) is 0 Å². The van der Waals surface area contributed by atoms with Crippen LogP contribution in [0.3, 0.4) is 0 Å². The third kappa shape index (κ3) is 2.89. The normalized spacial score (nSPS) is 11.5. The molecule has 0 fully saturated rings. The minimum Gasteiger partial charge on any atom is -0.0509 e. The Bertz CT molecular complexity index is 1090. The van der Waals surface area contributed by atoms with E-state index in [4.69, 9.17) is 0 Å². The van der Waals surface area contributed by atoms with E-state index in [1.165, 1.54) is 83.1 Å². The van der Waals surface area contributed by atoms with Crippen LogP contribution in [-0.4, -0.2) is 0 Å². The van der Waals surface area contributed by atoms with E-state index in [2.05, 4.69) is 82.2 Å². The Balaban J connectivity index is 2.35. The van der Waals surface area contributed by atoms with E-state index in [-0.39, 0.29) is 0 Å². The predicted molar refractivity (Wildman–Crippen MR) is 125 cm³/mol. The zero-order valence-electron chi connectivity index (χ0n) is 19.8. The van der Waals surface area contributed by atoms with Crippen molar-refractivity contribution in [2.24, 2.45) is 0 Å². The van der Waals surface area contributed by atoms with E-state index in [0.717, 1.165) is 6.42 Å². The van der Waals surface area contributed by atoms with Crippen LogP contribution < -0.4 is 0 Å². The monoisotopic (exact) mass is 372 g/mol. The smallest absolute Gasteiger partial charge is 0.00147 e. The first-order valence-corrected chi connectivity index (χ1v) is 10.5. The number of aryl methyl sites for hydroxylation is 4. The highest BCUT2D eigenvalue weighted by Crippen LogP contribution is 2.37. The second-order valence-electron chi connectivity index (χ2n) is 9.00. The summed E-state index contributed by atoms with van der Waals surface area (Å²) in [5.41, 5.74) is 19.0. The number of benzene rings is 3. The molecular formula is C28H36. The number of rotatable bonds is 2. The molecule has 0 spiro atoms. The molecule has 0 amide bonds. The topological polar surface area (TPSA) is 0 Å². The summed E-state index contributed by atoms with van der Waals surface area (Å²) in [5, 5.41) is 2.90. The van der Waals surface area contributed by atoms with Gasteiger partial charge in [-0.3, -0.25) is 0 Å². The van der Waals surface area contributed by atoms with Crippen LogP contribution in [0.1, 0.15) is 72.3 Å². The average Bonchev–Trinajstić information content (AvgIpc) is 2.66. The summed E-state index contributed by atoms with van der Waals surface area (Å²) >= 11 is 0. The minimum absolute atomic E-state index is 1.03. The van der Waals surface area contributed by atoms with Crippen LogP contribution in [-0.2, 0) is 6.42 Å². The first-order chi connectivity index (χ1) is 13.0. The summed E-state index contributed by atoms with van der Waals surface area (Å²) in [6, 6.07) is 2.40. The highest BCUT2D eigenvalue weighted by atomic mass is 14.2. The summed E-state index contributed by atoms with van der Waals surface area (Å²) in [7, 11) is 0. The van der Waals surface area contributed by atoms with Gasteiger partial charge in [0.2, 0.25) is 0 Å². The summed E-state index contributed by atoms with van der Waals surface area (Å²) in [6.45, 7) is 25.2. The van der Waals surface area contributed by atoms with Crippen molar-refractivity contribution in [1.82, 2.24) is 0 Å². The molecule has 0 aliphatic heterocycles. The lowest BCUT2D eigenvalue weighted by atomic mass is 9.81. The van der Waals surface area contributed by atoms with Gasteiger partial charge in [0, 0.05) is 0 Å². The van der Waals surface area contributed by atoms with E-state index in [1.54, 1.807) is 0 Å². The molecule has 3 aromatic carbocycles. The van der Waals surface area contributed by atoms with Crippen molar-refractivity contribution in [1.29, 1.82) is 0 Å². The maximum absolute atomic E-state index is 2.40. The van der Waals surface area contributed by atoms with Crippen LogP contribution in [0.25, 0.3) is 10.8 Å². The van der Waals surface area contributed by atoms with E-state index >= 15 is 0 Å². The Hall–Kier alpha value is -2.08. The molecule has 0 saturated carbocycles. The van der Waals surface area contributed by atoms with Crippen molar-refractivity contribution in [3.8, 4) is 0 Å². The van der Waals surface area contributed by atoms with Gasteiger partial charge in [0.15, 0.2) is 0 Å². The Kier molecular flexibility index (Phi) is 5.21. The van der Waals surface area contributed by atoms with Crippen LogP contribution in [0.5, 0.6) is 0 Å². The molecule has 0 heteroatoms. The largest absolute Gasteiger partial charge is 0.0509 e. The zero-order valence-corrected chi connectivity index (χ0v) is 19.8. The van der Waals surface area contributed by atoms with Crippen LogP contribution in [0.2, 0.25) is 0 Å². The highest BCUT2D eigenvalue weighted by molar-refractivity contribution is 5.94. The van der Waals surface area contributed by atoms with Crippen LogP contribution in [0.4, 0.5) is 0 Å². The van der Waals surface area contributed by atoms with E-state index < -0.39 is 0 Å². The fourth-order valence-electron chi connectivity index (χ4n) is 5.01. The van der Waals surface area contributed by atoms with Crippen molar-refractivity contribution in [3.05, 3.63) is 78.4 Å². The molecule has 3 aromatic rings. The van der Waals surface area contributed by atoms with Gasteiger partial charge < -0.3 is 0 Å². The van der Waals surface area contributed by atoms with Gasteiger partial charge in [-0.2, -0.15) is 0 Å². The number of fused-ring (bicyclic) bond motifs is 1. The molecule has 0 N–H and O–H groups in total. The highest BCUT2D eigenvalue weighted by Gasteiger charge is 2.19. The molecular weight excluding hydrogens is 336 g/mol. The fourth-order valence-corrected chi connectivity index (χ4v) is 5.01. The first kappa shape index (κ1) is 20.6. The standard InChI is InChI=1S/C28H36/c1-14-12-27-22(9)21(8)26(24(11)28(27)23(10)15(14)2)13-25-19(6)17(4)16(3)18(5)20(25)7/h12H,13H2,1-11H3. The van der Waals surface area contributed by atoms with Gasteiger partial charge in [0.05, 0.1) is 0 Å². The molecule has 0 saturated heterocycles. The SMILES string of the molecule is Cc1cc2c(C)c(C)c(Cc3c(C)c(C)c(C)c(C)c3C)c(C)c2c(C)c1C. The Morgan fingerprint density at radius 2 is 0.857 bits per heavy atom. The molecule has 148 valence electrons. The summed E-state index contributed by atoms with van der Waals surface area (Å²) in [4.78, 5) is 0. The van der Waals surface area contributed by atoms with Crippen molar-refractivity contribution in [2.45, 2.75) is 82.6 Å². The predicted octanol–water partition coefficient (Wildman–Crippen LogP) is 7.82. The van der Waals surface area contributed by atoms with Gasteiger partial charge in [0.1, 0.15) is 0 Å². The molecule has 0 atom stereocenters. The lowest BCUT2D eigenvalue weighted by Crippen LogP contribution is -2.07. The summed E-state index contributed by atoms with van der Waals surface area (Å²) in [5.74, 6) is 0. The third-order valence-corrected chi connectivity index (χ3v) is 7.91. The van der Waals surface area contributed by atoms with Crippen molar-refractivity contribution in [3.63, 3.8) is 0 Å². The summed E-state index contributed by atoms with van der Waals surface area (Å²) in [6.07, 6.45) is 1.03. The van der Waals surface area contributed by atoms with Gasteiger partial charge in [-0.05, 0) is 166 Å². The van der Waals surface area contributed by atoms with Gasteiger partial charge in [-0.15, -0.1) is 0 Å². The molecule has 0 radical (unpaired) electrons. The first-order valence-electron chi connectivity index (χ1n) is 10.5. The van der Waals surface area contributed by atoms with Crippen LogP contribution in [0.15, 0.2) is 6.07 Å². The number of hydrogen-bond acceptors (Lipinski definition) is 0. The maximum Gasteiger partial charge on any atom is -0.00147 e. The fraction of sp³-hybridized carbons (Fsp3) is 0.429. The Labute approximate surface area is 172 Å². The van der Waals surface area contributed by atoms with Crippen molar-refractivity contribution in [2.75, 3.05) is 0 Å². The molecule has 0 bridgehead atoms. The Morgan fingerprint density at radius 1 is 0.429 bits per heavy atom. The molecule has 0 aliphatic rings. The van der Waals surface area contributed by atoms with Gasteiger partial charge >= 0.3 is 0 Å². The molecule has 0 aromatic heterocycles. The summed E-state index contributed by atoms with van der Waals surface area (Å²) < 4.78 is 0.